The molecule has 0 saturated carbocycles. The summed E-state index contributed by atoms with van der Waals surface area (Å²) in [7, 11) is -3.23. The first-order chi connectivity index (χ1) is 9.94. The minimum Gasteiger partial charge on any atom is -1.00 e. The van der Waals surface area contributed by atoms with E-state index in [4.69, 9.17) is 0 Å². The third kappa shape index (κ3) is 4.64. The van der Waals surface area contributed by atoms with Crippen molar-refractivity contribution in [2.45, 2.75) is 37.0 Å². The Morgan fingerprint density at radius 3 is 2.55 bits per heavy atom. The maximum atomic E-state index is 12.5. The summed E-state index contributed by atoms with van der Waals surface area (Å²) in [5.74, 6) is 0.160. The molecule has 2 rings (SSSR count). The Morgan fingerprint density at radius 2 is 2.00 bits per heavy atom. The number of amidine groups is 1. The Kier molecular flexibility index (Phi) is 7.22. The second kappa shape index (κ2) is 8.22. The Hall–Kier alpha value is -0.720. The molecule has 0 aliphatic carbocycles. The molecule has 1 saturated heterocycles. The van der Waals surface area contributed by atoms with Gasteiger partial charge in [-0.15, -0.1) is 0 Å². The summed E-state index contributed by atoms with van der Waals surface area (Å²) < 4.78 is 24.9. The van der Waals surface area contributed by atoms with Crippen molar-refractivity contribution in [3.05, 3.63) is 30.3 Å². The van der Waals surface area contributed by atoms with Gasteiger partial charge in [-0.2, -0.15) is 0 Å². The molecule has 0 bridgehead atoms. The topological polar surface area (TPSA) is 49.7 Å². The molecule has 1 unspecified atom stereocenters. The van der Waals surface area contributed by atoms with Crippen LogP contribution in [0, 0.1) is 0 Å². The summed E-state index contributed by atoms with van der Waals surface area (Å²) in [5.41, 5.74) is 0. The number of hydrogen-bond donors (Lipinski definition) is 0. The third-order valence-electron chi connectivity index (χ3n) is 3.34. The van der Waals surface area contributed by atoms with Gasteiger partial charge in [-0.25, -0.2) is 8.42 Å². The van der Waals surface area contributed by atoms with Gasteiger partial charge in [0.15, 0.2) is 15.0 Å². The molecule has 22 heavy (non-hydrogen) atoms. The Bertz CT molecular complexity index is 609. The van der Waals surface area contributed by atoms with Gasteiger partial charge in [-0.05, 0) is 32.9 Å². The Balaban J connectivity index is 0.00000242. The average molecular weight is 363 g/mol. The van der Waals surface area contributed by atoms with Gasteiger partial charge >= 0.3 is 1.43 Å². The average Bonchev–Trinajstić information content (AvgIpc) is 2.82. The number of nitrogens with zero attached hydrogens (tertiary/aromatic N) is 2. The van der Waals surface area contributed by atoms with Crippen molar-refractivity contribution in [2.75, 3.05) is 18.8 Å². The number of thioether (sulfide) groups is 1. The van der Waals surface area contributed by atoms with Crippen molar-refractivity contribution >= 4 is 26.8 Å². The van der Waals surface area contributed by atoms with Crippen LogP contribution in [0.4, 0.5) is 0 Å². The lowest BCUT2D eigenvalue weighted by Crippen LogP contribution is -3.00. The Labute approximate surface area is 145 Å². The summed E-state index contributed by atoms with van der Waals surface area (Å²) in [6, 6.07) is 9.02. The lowest BCUT2D eigenvalue weighted by molar-refractivity contribution is -0.00000700. The highest BCUT2D eigenvalue weighted by molar-refractivity contribution is 8.15. The first-order valence-corrected chi connectivity index (χ1v) is 9.72. The van der Waals surface area contributed by atoms with E-state index in [-0.39, 0.29) is 24.8 Å². The van der Waals surface area contributed by atoms with E-state index in [1.54, 1.807) is 36.0 Å². The Morgan fingerprint density at radius 1 is 1.36 bits per heavy atom. The van der Waals surface area contributed by atoms with E-state index in [0.29, 0.717) is 10.9 Å². The van der Waals surface area contributed by atoms with Gasteiger partial charge in [0.2, 0.25) is 0 Å². The van der Waals surface area contributed by atoms with Crippen LogP contribution < -0.4 is 12.4 Å². The predicted molar refractivity (Wildman–Crippen MR) is 90.8 cm³/mol. The molecule has 0 spiro atoms. The van der Waals surface area contributed by atoms with Gasteiger partial charge in [0.05, 0.1) is 10.6 Å². The van der Waals surface area contributed by atoms with Gasteiger partial charge in [0, 0.05) is 24.4 Å². The van der Waals surface area contributed by atoms with Gasteiger partial charge in [-0.3, -0.25) is 4.99 Å². The van der Waals surface area contributed by atoms with E-state index in [1.807, 2.05) is 13.0 Å². The summed E-state index contributed by atoms with van der Waals surface area (Å²) in [5, 5.41) is 1.02. The molecule has 0 N–H and O–H groups in total. The van der Waals surface area contributed by atoms with Crippen molar-refractivity contribution in [2.24, 2.45) is 4.99 Å². The minimum absolute atomic E-state index is 0. The van der Waals surface area contributed by atoms with Gasteiger partial charge in [0.1, 0.15) is 0 Å². The van der Waals surface area contributed by atoms with Crippen molar-refractivity contribution in [1.82, 2.24) is 4.90 Å². The molecule has 1 fully saturated rings. The molecule has 1 atom stereocenters. The molecule has 124 valence electrons. The predicted octanol–water partition coefficient (Wildman–Crippen LogP) is -0.221. The van der Waals surface area contributed by atoms with E-state index >= 15 is 0 Å². The van der Waals surface area contributed by atoms with Crippen LogP contribution >= 0.6 is 11.8 Å². The summed E-state index contributed by atoms with van der Waals surface area (Å²) in [6.45, 7) is 7.69. The monoisotopic (exact) mass is 362 g/mol. The van der Waals surface area contributed by atoms with Crippen molar-refractivity contribution in [1.29, 1.82) is 0 Å². The van der Waals surface area contributed by atoms with Crippen molar-refractivity contribution < 1.29 is 22.3 Å². The smallest absolute Gasteiger partial charge is 1.00 e. The molecule has 7 heteroatoms. The first kappa shape index (κ1) is 19.3. The van der Waals surface area contributed by atoms with Gasteiger partial charge in [-0.1, -0.05) is 30.0 Å². The molecule has 4 nitrogen and oxygen atoms in total. The highest BCUT2D eigenvalue weighted by Crippen LogP contribution is 2.30. The van der Waals surface area contributed by atoms with Crippen molar-refractivity contribution in [3.63, 3.8) is 0 Å². The van der Waals surface area contributed by atoms with Crippen LogP contribution in [0.15, 0.2) is 40.2 Å². The molecule has 0 aromatic heterocycles. The molecule has 1 aliphatic heterocycles. The molecular weight excluding hydrogens is 340 g/mol. The molecule has 1 aromatic rings. The van der Waals surface area contributed by atoms with E-state index in [2.05, 4.69) is 23.7 Å². The van der Waals surface area contributed by atoms with Crippen LogP contribution in [-0.2, 0) is 9.84 Å². The summed E-state index contributed by atoms with van der Waals surface area (Å²) in [4.78, 5) is 7.09. The number of halogens is 1. The highest BCUT2D eigenvalue weighted by Gasteiger charge is 2.33. The quantitative estimate of drug-likeness (QED) is 0.726. The molecule has 1 aromatic carbocycles. The van der Waals surface area contributed by atoms with Crippen LogP contribution in [0.3, 0.4) is 0 Å². The van der Waals surface area contributed by atoms with Crippen LogP contribution in [0.2, 0.25) is 0 Å². The number of aliphatic imine (C=N–C) groups is 1. The maximum Gasteiger partial charge on any atom is 1.00 e. The van der Waals surface area contributed by atoms with E-state index in [1.165, 1.54) is 0 Å². The SMILES string of the molecule is CCN=C1SC(CS(=O)(=O)c2ccccc2)CN1C(C)C.[Cl-].[H+]. The largest absolute Gasteiger partial charge is 1.00 e. The normalized spacial score (nSPS) is 20.5. The molecule has 1 aliphatic rings. The number of sulfone groups is 1. The third-order valence-corrected chi connectivity index (χ3v) is 6.61. The number of hydrogen-bond acceptors (Lipinski definition) is 4. The van der Waals surface area contributed by atoms with Gasteiger partial charge < -0.3 is 17.3 Å². The summed E-state index contributed by atoms with van der Waals surface area (Å²) >= 11 is 1.59. The van der Waals surface area contributed by atoms with E-state index in [9.17, 15) is 8.42 Å². The first-order valence-electron chi connectivity index (χ1n) is 7.19. The lowest BCUT2D eigenvalue weighted by Gasteiger charge is -2.22. The van der Waals surface area contributed by atoms with Crippen LogP contribution in [0.25, 0.3) is 0 Å². The summed E-state index contributed by atoms with van der Waals surface area (Å²) in [6.07, 6.45) is 0. The zero-order chi connectivity index (χ0) is 15.5. The zero-order valence-corrected chi connectivity index (χ0v) is 15.5. The zero-order valence-electron chi connectivity index (χ0n) is 14.1. The molecule has 0 radical (unpaired) electrons. The van der Waals surface area contributed by atoms with Crippen LogP contribution in [0.5, 0.6) is 0 Å². The van der Waals surface area contributed by atoms with E-state index in [0.717, 1.165) is 18.3 Å². The lowest BCUT2D eigenvalue weighted by atomic mass is 10.3. The number of benzene rings is 1. The fraction of sp³-hybridized carbons (Fsp3) is 0.533. The van der Waals surface area contributed by atoms with Gasteiger partial charge in [0.25, 0.3) is 0 Å². The maximum absolute atomic E-state index is 12.5. The molecule has 0 amide bonds. The van der Waals surface area contributed by atoms with Crippen LogP contribution in [-0.4, -0.2) is 48.6 Å². The van der Waals surface area contributed by atoms with Crippen LogP contribution in [0.1, 0.15) is 22.2 Å². The second-order valence-electron chi connectivity index (χ2n) is 5.34. The standard InChI is InChI=1S/C15H22N2O2S2.ClH/c1-4-16-15-17(12(2)3)10-13(20-15)11-21(18,19)14-8-6-5-7-9-14;/h5-9,12-13H,4,10-11H2,1-3H3;1H. The fourth-order valence-electron chi connectivity index (χ4n) is 2.30. The fourth-order valence-corrected chi connectivity index (χ4v) is 5.63. The highest BCUT2D eigenvalue weighted by atomic mass is 35.5. The number of rotatable bonds is 5. The minimum atomic E-state index is -3.23. The van der Waals surface area contributed by atoms with Crippen molar-refractivity contribution in [3.8, 4) is 0 Å². The van der Waals surface area contributed by atoms with E-state index < -0.39 is 9.84 Å². The molecule has 1 heterocycles. The second-order valence-corrected chi connectivity index (χ2v) is 8.64. The molecular formula is C15H23ClN2O2S2.